The molecule has 1 heterocycles. The van der Waals surface area contributed by atoms with E-state index in [4.69, 9.17) is 16.0 Å². The molecule has 6 heteroatoms. The molecule has 0 bridgehead atoms. The Kier molecular flexibility index (Phi) is 4.91. The third kappa shape index (κ3) is 3.33. The summed E-state index contributed by atoms with van der Waals surface area (Å²) < 4.78 is 0. The van der Waals surface area contributed by atoms with Crippen LogP contribution in [0.4, 0.5) is 5.82 Å². The van der Waals surface area contributed by atoms with E-state index >= 15 is 0 Å². The number of rotatable bonds is 5. The lowest BCUT2D eigenvalue weighted by Gasteiger charge is -2.27. The molecule has 18 heavy (non-hydrogen) atoms. The van der Waals surface area contributed by atoms with Crippen LogP contribution in [0.5, 0.6) is 0 Å². The minimum absolute atomic E-state index is 0.0483. The van der Waals surface area contributed by atoms with Crippen molar-refractivity contribution in [2.45, 2.75) is 26.8 Å². The first-order valence-corrected chi connectivity index (χ1v) is 5.83. The molecule has 0 fully saturated rings. The van der Waals surface area contributed by atoms with Gasteiger partial charge >= 0.3 is 0 Å². The summed E-state index contributed by atoms with van der Waals surface area (Å²) in [5, 5.41) is 20.8. The summed E-state index contributed by atoms with van der Waals surface area (Å²) in [5.41, 5.74) is 6.98. The second-order valence-electron chi connectivity index (χ2n) is 4.35. The predicted octanol–water partition coefficient (Wildman–Crippen LogP) is 0.692. The first-order chi connectivity index (χ1) is 8.49. The zero-order valence-electron chi connectivity index (χ0n) is 11.0. The number of aryl methyl sites for hydroxylation is 1. The molecule has 0 saturated carbocycles. The van der Waals surface area contributed by atoms with Crippen LogP contribution in [0, 0.1) is 6.92 Å². The van der Waals surface area contributed by atoms with Gasteiger partial charge in [-0.15, -0.1) is 0 Å². The average molecular weight is 252 g/mol. The Hall–Kier alpha value is -1.82. The van der Waals surface area contributed by atoms with E-state index in [-0.39, 0.29) is 18.5 Å². The Labute approximate surface area is 107 Å². The van der Waals surface area contributed by atoms with Crippen molar-refractivity contribution < 1.29 is 10.3 Å². The van der Waals surface area contributed by atoms with Crippen molar-refractivity contribution >= 4 is 11.7 Å². The van der Waals surface area contributed by atoms with Crippen LogP contribution in [0.3, 0.4) is 0 Å². The van der Waals surface area contributed by atoms with Gasteiger partial charge in [-0.1, -0.05) is 5.16 Å². The average Bonchev–Trinajstić information content (AvgIpc) is 2.33. The van der Waals surface area contributed by atoms with Gasteiger partial charge in [-0.25, -0.2) is 4.98 Å². The molecule has 0 aliphatic rings. The maximum absolute atomic E-state index is 9.08. The molecule has 6 nitrogen and oxygen atoms in total. The van der Waals surface area contributed by atoms with Crippen LogP contribution in [0.25, 0.3) is 0 Å². The first-order valence-electron chi connectivity index (χ1n) is 5.83. The first kappa shape index (κ1) is 14.2. The standard InChI is InChI=1S/C12H20N4O2/c1-8(2)16(4-5-17)11-7-10(12(13)15-18)6-9(3)14-11/h6-8,17-18H,4-5H2,1-3H3,(H2,13,15). The van der Waals surface area contributed by atoms with E-state index in [1.54, 1.807) is 12.1 Å². The highest BCUT2D eigenvalue weighted by molar-refractivity contribution is 5.97. The SMILES string of the molecule is Cc1cc(/C(N)=N/O)cc(N(CCO)C(C)C)n1. The van der Waals surface area contributed by atoms with Crippen LogP contribution < -0.4 is 10.6 Å². The summed E-state index contributed by atoms with van der Waals surface area (Å²) in [4.78, 5) is 6.37. The van der Waals surface area contributed by atoms with E-state index in [1.807, 2.05) is 25.7 Å². The van der Waals surface area contributed by atoms with Crippen LogP contribution in [0.1, 0.15) is 25.1 Å². The maximum atomic E-state index is 9.08. The summed E-state index contributed by atoms with van der Waals surface area (Å²) in [6.45, 7) is 6.41. The molecule has 1 aromatic heterocycles. The predicted molar refractivity (Wildman–Crippen MR) is 71.1 cm³/mol. The normalized spacial score (nSPS) is 11.9. The molecule has 0 unspecified atom stereocenters. The second kappa shape index (κ2) is 6.20. The molecule has 0 aromatic carbocycles. The molecule has 1 rings (SSSR count). The van der Waals surface area contributed by atoms with Crippen molar-refractivity contribution in [3.8, 4) is 0 Å². The number of anilines is 1. The van der Waals surface area contributed by atoms with Crippen LogP contribution in [0.15, 0.2) is 17.3 Å². The summed E-state index contributed by atoms with van der Waals surface area (Å²) in [6, 6.07) is 3.69. The van der Waals surface area contributed by atoms with Gasteiger partial charge in [0.1, 0.15) is 5.82 Å². The number of nitrogens with two attached hydrogens (primary N) is 1. The topological polar surface area (TPSA) is 95.0 Å². The van der Waals surface area contributed by atoms with Gasteiger partial charge in [-0.2, -0.15) is 0 Å². The maximum Gasteiger partial charge on any atom is 0.170 e. The van der Waals surface area contributed by atoms with Gasteiger partial charge in [0, 0.05) is 23.8 Å². The van der Waals surface area contributed by atoms with Crippen molar-refractivity contribution in [3.05, 3.63) is 23.4 Å². The van der Waals surface area contributed by atoms with Crippen molar-refractivity contribution in [1.29, 1.82) is 0 Å². The van der Waals surface area contributed by atoms with Crippen molar-refractivity contribution in [3.63, 3.8) is 0 Å². The van der Waals surface area contributed by atoms with Gasteiger partial charge in [0.25, 0.3) is 0 Å². The minimum atomic E-state index is 0.0483. The van der Waals surface area contributed by atoms with Gasteiger partial charge in [0.15, 0.2) is 5.84 Å². The van der Waals surface area contributed by atoms with E-state index < -0.39 is 0 Å². The van der Waals surface area contributed by atoms with Gasteiger partial charge in [0.05, 0.1) is 6.61 Å². The molecule has 1 aromatic rings. The van der Waals surface area contributed by atoms with Crippen LogP contribution in [0.2, 0.25) is 0 Å². The molecule has 4 N–H and O–H groups in total. The zero-order valence-corrected chi connectivity index (χ0v) is 11.0. The lowest BCUT2D eigenvalue weighted by Crippen LogP contribution is -2.34. The van der Waals surface area contributed by atoms with E-state index in [0.29, 0.717) is 17.9 Å². The van der Waals surface area contributed by atoms with Crippen LogP contribution in [-0.2, 0) is 0 Å². The summed E-state index contributed by atoms with van der Waals surface area (Å²) >= 11 is 0. The Morgan fingerprint density at radius 1 is 1.50 bits per heavy atom. The summed E-state index contributed by atoms with van der Waals surface area (Å²) in [6.07, 6.45) is 0. The number of aliphatic hydroxyl groups excluding tert-OH is 1. The number of pyridine rings is 1. The molecule has 0 radical (unpaired) electrons. The molecule has 100 valence electrons. The van der Waals surface area contributed by atoms with Gasteiger partial charge in [-0.3, -0.25) is 0 Å². The van der Waals surface area contributed by atoms with Crippen molar-refractivity contribution in [1.82, 2.24) is 4.98 Å². The molecule has 0 spiro atoms. The molecule has 0 aliphatic carbocycles. The third-order valence-electron chi connectivity index (χ3n) is 2.60. The van der Waals surface area contributed by atoms with Crippen LogP contribution in [-0.4, -0.2) is 40.3 Å². The molecule has 0 saturated heterocycles. The second-order valence-corrected chi connectivity index (χ2v) is 4.35. The van der Waals surface area contributed by atoms with E-state index in [1.165, 1.54) is 0 Å². The zero-order chi connectivity index (χ0) is 13.7. The number of amidine groups is 1. The van der Waals surface area contributed by atoms with Gasteiger partial charge < -0.3 is 20.9 Å². The fourth-order valence-corrected chi connectivity index (χ4v) is 1.75. The molecular formula is C12H20N4O2. The highest BCUT2D eigenvalue weighted by atomic mass is 16.4. The fraction of sp³-hybridized carbons (Fsp3) is 0.500. The number of hydrogen-bond acceptors (Lipinski definition) is 5. The fourth-order valence-electron chi connectivity index (χ4n) is 1.75. The van der Waals surface area contributed by atoms with Crippen LogP contribution >= 0.6 is 0 Å². The largest absolute Gasteiger partial charge is 0.409 e. The molecule has 0 aliphatic heterocycles. The lowest BCUT2D eigenvalue weighted by atomic mass is 10.2. The summed E-state index contributed by atoms with van der Waals surface area (Å²) in [5.74, 6) is 0.759. The lowest BCUT2D eigenvalue weighted by molar-refractivity contribution is 0.298. The quantitative estimate of drug-likeness (QED) is 0.310. The smallest absolute Gasteiger partial charge is 0.170 e. The van der Waals surface area contributed by atoms with E-state index in [2.05, 4.69) is 10.1 Å². The van der Waals surface area contributed by atoms with Crippen molar-refractivity contribution in [2.75, 3.05) is 18.1 Å². The third-order valence-corrected chi connectivity index (χ3v) is 2.60. The Morgan fingerprint density at radius 3 is 2.67 bits per heavy atom. The van der Waals surface area contributed by atoms with Gasteiger partial charge in [0.2, 0.25) is 0 Å². The Morgan fingerprint density at radius 2 is 2.17 bits per heavy atom. The number of nitrogens with zero attached hydrogens (tertiary/aromatic N) is 3. The number of aromatic nitrogens is 1. The van der Waals surface area contributed by atoms with E-state index in [0.717, 1.165) is 5.69 Å². The molecule has 0 atom stereocenters. The Balaban J connectivity index is 3.18. The highest BCUT2D eigenvalue weighted by Crippen LogP contribution is 2.17. The van der Waals surface area contributed by atoms with Gasteiger partial charge in [-0.05, 0) is 32.9 Å². The monoisotopic (exact) mass is 252 g/mol. The minimum Gasteiger partial charge on any atom is -0.409 e. The van der Waals surface area contributed by atoms with Crippen molar-refractivity contribution in [2.24, 2.45) is 10.9 Å². The molecular weight excluding hydrogens is 232 g/mol. The number of oxime groups is 1. The Bertz CT molecular complexity index is 432. The summed E-state index contributed by atoms with van der Waals surface area (Å²) in [7, 11) is 0. The number of hydrogen-bond donors (Lipinski definition) is 3. The number of aliphatic hydroxyl groups is 1. The van der Waals surface area contributed by atoms with E-state index in [9.17, 15) is 0 Å². The molecule has 0 amide bonds. The highest BCUT2D eigenvalue weighted by Gasteiger charge is 2.13.